The zero-order chi connectivity index (χ0) is 8.72. The molecule has 0 aliphatic carbocycles. The van der Waals surface area contributed by atoms with E-state index in [1.165, 1.54) is 6.33 Å². The highest BCUT2D eigenvalue weighted by molar-refractivity contribution is 5.70. The number of nitrogen functional groups attached to an aromatic ring is 1. The highest BCUT2D eigenvalue weighted by Crippen LogP contribution is 2.04. The van der Waals surface area contributed by atoms with E-state index in [2.05, 4.69) is 15.0 Å². The first-order valence-electron chi connectivity index (χ1n) is 3.35. The maximum atomic E-state index is 11.1. The molecule has 0 amide bonds. The van der Waals surface area contributed by atoms with Gasteiger partial charge in [-0.3, -0.25) is 9.36 Å². The number of nitrogens with two attached hydrogens (primary N) is 1. The topological polar surface area (TPSA) is 89.6 Å². The SMILES string of the molecule is Cn1c(N)nc(=O)c2[nH]cnc21. The second-order valence-electron chi connectivity index (χ2n) is 2.44. The zero-order valence-corrected chi connectivity index (χ0v) is 6.40. The van der Waals surface area contributed by atoms with Crippen molar-refractivity contribution in [1.29, 1.82) is 0 Å². The van der Waals surface area contributed by atoms with Gasteiger partial charge in [-0.05, 0) is 0 Å². The Hall–Kier alpha value is -1.85. The maximum absolute atomic E-state index is 11.1. The van der Waals surface area contributed by atoms with Crippen molar-refractivity contribution in [1.82, 2.24) is 19.5 Å². The van der Waals surface area contributed by atoms with Crippen molar-refractivity contribution >= 4 is 17.1 Å². The first-order valence-corrected chi connectivity index (χ1v) is 3.35. The summed E-state index contributed by atoms with van der Waals surface area (Å²) in [5.41, 5.74) is 5.97. The summed E-state index contributed by atoms with van der Waals surface area (Å²) >= 11 is 0. The summed E-state index contributed by atoms with van der Waals surface area (Å²) in [4.78, 5) is 21.3. The molecule has 6 nitrogen and oxygen atoms in total. The lowest BCUT2D eigenvalue weighted by Gasteiger charge is -2.00. The largest absolute Gasteiger partial charge is 0.369 e. The predicted molar refractivity (Wildman–Crippen MR) is 43.5 cm³/mol. The Kier molecular flexibility index (Phi) is 1.18. The summed E-state index contributed by atoms with van der Waals surface area (Å²) in [6.45, 7) is 0. The van der Waals surface area contributed by atoms with Gasteiger partial charge in [-0.15, -0.1) is 0 Å². The van der Waals surface area contributed by atoms with E-state index in [0.717, 1.165) is 0 Å². The molecule has 0 saturated heterocycles. The molecule has 0 spiro atoms. The summed E-state index contributed by atoms with van der Waals surface area (Å²) in [6, 6.07) is 0. The molecule has 0 aliphatic rings. The first kappa shape index (κ1) is 6.84. The third-order valence-electron chi connectivity index (χ3n) is 1.71. The molecule has 0 radical (unpaired) electrons. The van der Waals surface area contributed by atoms with Crippen LogP contribution in [0.4, 0.5) is 5.95 Å². The molecule has 0 bridgehead atoms. The first-order chi connectivity index (χ1) is 5.70. The zero-order valence-electron chi connectivity index (χ0n) is 6.40. The highest BCUT2D eigenvalue weighted by atomic mass is 16.1. The minimum Gasteiger partial charge on any atom is -0.369 e. The van der Waals surface area contributed by atoms with Crippen LogP contribution in [0.25, 0.3) is 11.2 Å². The van der Waals surface area contributed by atoms with Gasteiger partial charge in [0.1, 0.15) is 0 Å². The van der Waals surface area contributed by atoms with Crippen molar-refractivity contribution in [2.45, 2.75) is 0 Å². The van der Waals surface area contributed by atoms with Gasteiger partial charge in [0.2, 0.25) is 5.95 Å². The van der Waals surface area contributed by atoms with Gasteiger partial charge in [0, 0.05) is 7.05 Å². The summed E-state index contributed by atoms with van der Waals surface area (Å²) < 4.78 is 1.55. The Balaban J connectivity index is 3.07. The van der Waals surface area contributed by atoms with Crippen LogP contribution in [0.1, 0.15) is 0 Å². The summed E-state index contributed by atoms with van der Waals surface area (Å²) in [5.74, 6) is 0.166. The van der Waals surface area contributed by atoms with Crippen LogP contribution in [0.3, 0.4) is 0 Å². The third-order valence-corrected chi connectivity index (χ3v) is 1.71. The van der Waals surface area contributed by atoms with Gasteiger partial charge in [-0.2, -0.15) is 4.98 Å². The fourth-order valence-electron chi connectivity index (χ4n) is 1.04. The lowest BCUT2D eigenvalue weighted by Crippen LogP contribution is -2.15. The number of rotatable bonds is 0. The highest BCUT2D eigenvalue weighted by Gasteiger charge is 2.06. The number of hydrogen-bond donors (Lipinski definition) is 2. The van der Waals surface area contributed by atoms with E-state index >= 15 is 0 Å². The number of imidazole rings is 1. The molecule has 0 atom stereocenters. The Labute approximate surface area is 67.1 Å². The van der Waals surface area contributed by atoms with Gasteiger partial charge in [-0.25, -0.2) is 4.98 Å². The quantitative estimate of drug-likeness (QED) is 0.536. The molecule has 2 heterocycles. The number of fused-ring (bicyclic) bond motifs is 1. The fraction of sp³-hybridized carbons (Fsp3) is 0.167. The molecule has 2 aromatic rings. The van der Waals surface area contributed by atoms with Gasteiger partial charge in [0.25, 0.3) is 0 Å². The fourth-order valence-corrected chi connectivity index (χ4v) is 1.04. The minimum atomic E-state index is -0.377. The molecule has 0 aromatic carbocycles. The van der Waals surface area contributed by atoms with Crippen LogP contribution in [-0.2, 0) is 7.05 Å². The minimum absolute atomic E-state index is 0.166. The van der Waals surface area contributed by atoms with Crippen molar-refractivity contribution in [3.63, 3.8) is 0 Å². The van der Waals surface area contributed by atoms with Gasteiger partial charge >= 0.3 is 5.56 Å². The molecule has 0 saturated carbocycles. The van der Waals surface area contributed by atoms with Crippen LogP contribution in [0.2, 0.25) is 0 Å². The molecular weight excluding hydrogens is 158 g/mol. The molecule has 2 aromatic heterocycles. The van der Waals surface area contributed by atoms with Crippen LogP contribution in [0, 0.1) is 0 Å². The van der Waals surface area contributed by atoms with E-state index in [-0.39, 0.29) is 11.5 Å². The van der Waals surface area contributed by atoms with Crippen molar-refractivity contribution in [2.75, 3.05) is 5.73 Å². The number of nitrogens with one attached hydrogen (secondary N) is 1. The number of H-pyrrole nitrogens is 1. The number of anilines is 1. The number of aryl methyl sites for hydroxylation is 1. The molecule has 0 aliphatic heterocycles. The molecular formula is C6H7N5O. The number of hydrogen-bond acceptors (Lipinski definition) is 4. The normalized spacial score (nSPS) is 10.8. The second-order valence-corrected chi connectivity index (χ2v) is 2.44. The molecule has 0 unspecified atom stereocenters. The van der Waals surface area contributed by atoms with E-state index in [1.807, 2.05) is 0 Å². The lowest BCUT2D eigenvalue weighted by atomic mass is 10.5. The van der Waals surface area contributed by atoms with Gasteiger partial charge in [0.15, 0.2) is 11.2 Å². The van der Waals surface area contributed by atoms with Gasteiger partial charge in [0.05, 0.1) is 6.33 Å². The number of aromatic amines is 1. The van der Waals surface area contributed by atoms with Crippen molar-refractivity contribution < 1.29 is 0 Å². The molecule has 2 rings (SSSR count). The maximum Gasteiger partial charge on any atom is 0.300 e. The summed E-state index contributed by atoms with van der Waals surface area (Å²) in [5, 5.41) is 0. The third kappa shape index (κ3) is 0.714. The predicted octanol–water partition coefficient (Wildman–Crippen LogP) is -0.761. The molecule has 6 heteroatoms. The van der Waals surface area contributed by atoms with Gasteiger partial charge in [-0.1, -0.05) is 0 Å². The van der Waals surface area contributed by atoms with E-state index in [1.54, 1.807) is 11.6 Å². The van der Waals surface area contributed by atoms with Gasteiger partial charge < -0.3 is 10.7 Å². The number of aromatic nitrogens is 4. The summed E-state index contributed by atoms with van der Waals surface area (Å²) in [7, 11) is 1.70. The van der Waals surface area contributed by atoms with Crippen LogP contribution < -0.4 is 11.3 Å². The molecule has 3 N–H and O–H groups in total. The van der Waals surface area contributed by atoms with E-state index in [0.29, 0.717) is 11.2 Å². The molecule has 0 fully saturated rings. The standard InChI is InChI=1S/C6H7N5O/c1-11-4-3(8-2-9-4)5(12)10-6(11)7/h2H,1H3,(H,8,9)(H2,7,10,12). The Morgan fingerprint density at radius 2 is 2.42 bits per heavy atom. The Morgan fingerprint density at radius 3 is 3.17 bits per heavy atom. The van der Waals surface area contributed by atoms with E-state index < -0.39 is 0 Å². The lowest BCUT2D eigenvalue weighted by molar-refractivity contribution is 0.908. The van der Waals surface area contributed by atoms with E-state index in [4.69, 9.17) is 5.73 Å². The van der Waals surface area contributed by atoms with Crippen LogP contribution >= 0.6 is 0 Å². The smallest absolute Gasteiger partial charge is 0.300 e. The van der Waals surface area contributed by atoms with E-state index in [9.17, 15) is 4.79 Å². The average molecular weight is 165 g/mol. The summed E-state index contributed by atoms with van der Waals surface area (Å²) in [6.07, 6.45) is 1.44. The van der Waals surface area contributed by atoms with Crippen molar-refractivity contribution in [3.8, 4) is 0 Å². The number of nitrogens with zero attached hydrogens (tertiary/aromatic N) is 3. The van der Waals surface area contributed by atoms with Crippen LogP contribution in [-0.4, -0.2) is 19.5 Å². The van der Waals surface area contributed by atoms with Crippen LogP contribution in [0.5, 0.6) is 0 Å². The second kappa shape index (κ2) is 2.07. The monoisotopic (exact) mass is 165 g/mol. The Morgan fingerprint density at radius 1 is 1.67 bits per heavy atom. The molecule has 62 valence electrons. The Bertz CT molecular complexity index is 482. The van der Waals surface area contributed by atoms with Crippen LogP contribution in [0.15, 0.2) is 11.1 Å². The average Bonchev–Trinajstić information content (AvgIpc) is 2.48. The molecule has 12 heavy (non-hydrogen) atoms. The van der Waals surface area contributed by atoms with Crippen molar-refractivity contribution in [3.05, 3.63) is 16.7 Å². The van der Waals surface area contributed by atoms with Crippen molar-refractivity contribution in [2.24, 2.45) is 7.05 Å².